The number of ether oxygens (including phenoxy) is 1. The second-order valence-electron chi connectivity index (χ2n) is 8.57. The van der Waals surface area contributed by atoms with Gasteiger partial charge in [0.1, 0.15) is 5.75 Å². The Bertz CT molecular complexity index is 1130. The van der Waals surface area contributed by atoms with Gasteiger partial charge in [-0.3, -0.25) is 9.89 Å². The number of rotatable bonds is 7. The van der Waals surface area contributed by atoms with Crippen molar-refractivity contribution in [3.8, 4) is 16.9 Å². The quantitative estimate of drug-likeness (QED) is 0.325. The van der Waals surface area contributed by atoms with Crippen molar-refractivity contribution in [2.24, 2.45) is 0 Å². The third kappa shape index (κ3) is 6.04. The van der Waals surface area contributed by atoms with Crippen LogP contribution in [0.15, 0.2) is 68.0 Å². The second kappa shape index (κ2) is 12.0. The van der Waals surface area contributed by atoms with Crippen LogP contribution >= 0.6 is 0 Å². The molecule has 1 aliphatic rings. The van der Waals surface area contributed by atoms with Crippen LogP contribution in [0.25, 0.3) is 11.1 Å². The maximum atomic E-state index is 13.0. The van der Waals surface area contributed by atoms with Gasteiger partial charge in [0, 0.05) is 30.4 Å². The zero-order valence-corrected chi connectivity index (χ0v) is 20.6. The van der Waals surface area contributed by atoms with Gasteiger partial charge in [0.2, 0.25) is 5.91 Å². The summed E-state index contributed by atoms with van der Waals surface area (Å²) >= 11 is 0. The lowest BCUT2D eigenvalue weighted by molar-refractivity contribution is -0.118. The molecule has 0 saturated heterocycles. The number of fused-ring (bicyclic) bond motifs is 1. The minimum absolute atomic E-state index is 0.168. The van der Waals surface area contributed by atoms with Crippen molar-refractivity contribution in [1.82, 2.24) is 10.2 Å². The Kier molecular flexibility index (Phi) is 8.86. The summed E-state index contributed by atoms with van der Waals surface area (Å²) in [6, 6.07) is 10.4. The molecular formula is C29H35N3O2. The van der Waals surface area contributed by atoms with E-state index in [0.29, 0.717) is 19.4 Å². The molecule has 0 radical (unpaired) electrons. The largest absolute Gasteiger partial charge is 0.493 e. The number of aryl methyl sites for hydroxylation is 2. The number of carbonyl (C=O) groups is 1. The normalized spacial score (nSPS) is 12.3. The molecular weight excluding hydrogens is 422 g/mol. The number of aromatic nitrogens is 2. The smallest absolute Gasteiger partial charge is 0.227 e. The van der Waals surface area contributed by atoms with Crippen LogP contribution in [0.1, 0.15) is 41.5 Å². The van der Waals surface area contributed by atoms with Crippen LogP contribution in [0.2, 0.25) is 0 Å². The summed E-state index contributed by atoms with van der Waals surface area (Å²) in [4.78, 5) is 14.9. The number of benzene rings is 2. The summed E-state index contributed by atoms with van der Waals surface area (Å²) < 4.78 is 5.99. The molecule has 1 N–H and O–H groups in total. The van der Waals surface area contributed by atoms with Gasteiger partial charge in [-0.1, -0.05) is 43.5 Å². The molecule has 0 aliphatic carbocycles. The molecule has 34 heavy (non-hydrogen) atoms. The second-order valence-corrected chi connectivity index (χ2v) is 8.57. The number of amides is 1. The molecule has 0 saturated carbocycles. The van der Waals surface area contributed by atoms with Crippen molar-refractivity contribution in [2.45, 2.75) is 46.5 Å². The molecule has 4 rings (SSSR count). The van der Waals surface area contributed by atoms with Crippen LogP contribution in [-0.4, -0.2) is 29.3 Å². The SMILES string of the molecule is C=CC=C.Cc1cc(C)c(C)c(OCCCC(=O)N2CCCc3c(-c4cn[nH]c4)cccc32)c1. The molecule has 1 amide bonds. The Hall–Kier alpha value is -3.60. The zero-order chi connectivity index (χ0) is 24.5. The first-order valence-corrected chi connectivity index (χ1v) is 11.8. The number of nitrogens with one attached hydrogen (secondary N) is 1. The first-order chi connectivity index (χ1) is 16.5. The molecule has 178 valence electrons. The van der Waals surface area contributed by atoms with E-state index in [2.05, 4.69) is 68.4 Å². The Morgan fingerprint density at radius 2 is 2.00 bits per heavy atom. The lowest BCUT2D eigenvalue weighted by Crippen LogP contribution is -2.35. The van der Waals surface area contributed by atoms with E-state index in [4.69, 9.17) is 4.74 Å². The summed E-state index contributed by atoms with van der Waals surface area (Å²) in [5, 5.41) is 6.96. The summed E-state index contributed by atoms with van der Waals surface area (Å²) in [6.45, 7) is 14.3. The van der Waals surface area contributed by atoms with Gasteiger partial charge in [-0.25, -0.2) is 0 Å². The third-order valence-electron chi connectivity index (χ3n) is 6.08. The fraction of sp³-hybridized carbons (Fsp3) is 0.310. The average molecular weight is 458 g/mol. The van der Waals surface area contributed by atoms with Gasteiger partial charge < -0.3 is 9.64 Å². The van der Waals surface area contributed by atoms with Crippen molar-refractivity contribution >= 4 is 11.6 Å². The monoisotopic (exact) mass is 457 g/mol. The average Bonchev–Trinajstić information content (AvgIpc) is 3.38. The number of nitrogens with zero attached hydrogens (tertiary/aromatic N) is 2. The summed E-state index contributed by atoms with van der Waals surface area (Å²) in [5.74, 6) is 1.09. The van der Waals surface area contributed by atoms with E-state index < -0.39 is 0 Å². The van der Waals surface area contributed by atoms with Gasteiger partial charge >= 0.3 is 0 Å². The van der Waals surface area contributed by atoms with Crippen molar-refractivity contribution in [3.05, 3.63) is 90.3 Å². The number of hydrogen-bond donors (Lipinski definition) is 1. The van der Waals surface area contributed by atoms with Gasteiger partial charge in [0.05, 0.1) is 12.8 Å². The molecule has 0 spiro atoms. The molecule has 5 nitrogen and oxygen atoms in total. The molecule has 0 atom stereocenters. The molecule has 0 fully saturated rings. The fourth-order valence-electron chi connectivity index (χ4n) is 4.24. The molecule has 0 bridgehead atoms. The molecule has 2 heterocycles. The van der Waals surface area contributed by atoms with Gasteiger partial charge in [-0.15, -0.1) is 0 Å². The Morgan fingerprint density at radius 3 is 2.71 bits per heavy atom. The highest BCUT2D eigenvalue weighted by Crippen LogP contribution is 2.35. The predicted molar refractivity (Wildman–Crippen MR) is 140 cm³/mol. The maximum absolute atomic E-state index is 13.0. The van der Waals surface area contributed by atoms with E-state index in [0.717, 1.165) is 42.0 Å². The number of aromatic amines is 1. The molecule has 3 aromatic rings. The van der Waals surface area contributed by atoms with Crippen molar-refractivity contribution in [3.63, 3.8) is 0 Å². The third-order valence-corrected chi connectivity index (χ3v) is 6.08. The van der Waals surface area contributed by atoms with Crippen LogP contribution in [0, 0.1) is 20.8 Å². The van der Waals surface area contributed by atoms with E-state index in [1.807, 2.05) is 23.4 Å². The number of allylic oxidation sites excluding steroid dienone is 2. The van der Waals surface area contributed by atoms with Gasteiger partial charge in [0.15, 0.2) is 0 Å². The Labute approximate surface area is 203 Å². The lowest BCUT2D eigenvalue weighted by Gasteiger charge is -2.31. The van der Waals surface area contributed by atoms with Crippen molar-refractivity contribution in [2.75, 3.05) is 18.1 Å². The standard InChI is InChI=1S/C25H29N3O2.C4H6/c1-17-13-18(2)19(3)24(14-17)30-12-6-10-25(29)28-11-5-8-22-21(7-4-9-23(22)28)20-15-26-27-16-20;1-3-4-2/h4,7,9,13-16H,5-6,8,10-12H2,1-3H3,(H,26,27);3-4H,1-2H2. The topological polar surface area (TPSA) is 58.2 Å². The Balaban J connectivity index is 0.000000751. The van der Waals surface area contributed by atoms with Gasteiger partial charge in [0.25, 0.3) is 0 Å². The number of hydrogen-bond acceptors (Lipinski definition) is 3. The van der Waals surface area contributed by atoms with E-state index in [1.54, 1.807) is 12.2 Å². The summed E-state index contributed by atoms with van der Waals surface area (Å²) in [6.07, 6.45) is 10.2. The van der Waals surface area contributed by atoms with E-state index in [9.17, 15) is 4.79 Å². The van der Waals surface area contributed by atoms with Crippen LogP contribution in [0.3, 0.4) is 0 Å². The van der Waals surface area contributed by atoms with Crippen molar-refractivity contribution < 1.29 is 9.53 Å². The highest BCUT2D eigenvalue weighted by molar-refractivity contribution is 5.96. The number of H-pyrrole nitrogens is 1. The van der Waals surface area contributed by atoms with E-state index in [1.165, 1.54) is 22.3 Å². The summed E-state index contributed by atoms with van der Waals surface area (Å²) in [7, 11) is 0. The lowest BCUT2D eigenvalue weighted by atomic mass is 9.93. The highest BCUT2D eigenvalue weighted by Gasteiger charge is 2.24. The maximum Gasteiger partial charge on any atom is 0.227 e. The van der Waals surface area contributed by atoms with Crippen LogP contribution < -0.4 is 9.64 Å². The first kappa shape index (κ1) is 25.0. The summed E-state index contributed by atoms with van der Waals surface area (Å²) in [5.41, 5.74) is 8.10. The molecule has 0 unspecified atom stereocenters. The molecule has 5 heteroatoms. The zero-order valence-electron chi connectivity index (χ0n) is 20.6. The minimum atomic E-state index is 0.168. The van der Waals surface area contributed by atoms with Crippen LogP contribution in [0.5, 0.6) is 5.75 Å². The van der Waals surface area contributed by atoms with Crippen molar-refractivity contribution in [1.29, 1.82) is 0 Å². The number of anilines is 1. The van der Waals surface area contributed by atoms with E-state index in [-0.39, 0.29) is 5.91 Å². The Morgan fingerprint density at radius 1 is 1.21 bits per heavy atom. The molecule has 2 aromatic carbocycles. The van der Waals surface area contributed by atoms with Crippen LogP contribution in [-0.2, 0) is 11.2 Å². The highest BCUT2D eigenvalue weighted by atomic mass is 16.5. The number of carbonyl (C=O) groups excluding carboxylic acids is 1. The first-order valence-electron chi connectivity index (χ1n) is 11.8. The minimum Gasteiger partial charge on any atom is -0.493 e. The predicted octanol–water partition coefficient (Wildman–Crippen LogP) is 6.50. The molecule has 1 aromatic heterocycles. The van der Waals surface area contributed by atoms with Gasteiger partial charge in [-0.2, -0.15) is 5.10 Å². The van der Waals surface area contributed by atoms with E-state index >= 15 is 0 Å². The van der Waals surface area contributed by atoms with Gasteiger partial charge in [-0.05, 0) is 80.0 Å². The van der Waals surface area contributed by atoms with Crippen LogP contribution in [0.4, 0.5) is 5.69 Å². The molecule has 1 aliphatic heterocycles. The fourth-order valence-corrected chi connectivity index (χ4v) is 4.24.